The van der Waals surface area contributed by atoms with Crippen LogP contribution in [0.15, 0.2) is 58.5 Å². The summed E-state index contributed by atoms with van der Waals surface area (Å²) in [6, 6.07) is 16.4. The average molecular weight is 589 g/mol. The van der Waals surface area contributed by atoms with Gasteiger partial charge in [0.25, 0.3) is 0 Å². The van der Waals surface area contributed by atoms with Crippen LogP contribution < -0.4 is 37.2 Å². The van der Waals surface area contributed by atoms with Crippen LogP contribution in [-0.4, -0.2) is 17.4 Å². The van der Waals surface area contributed by atoms with E-state index in [1.54, 1.807) is 12.4 Å². The average Bonchev–Trinajstić information content (AvgIpc) is 2.80. The van der Waals surface area contributed by atoms with Crippen molar-refractivity contribution in [1.29, 1.82) is 0 Å². The minimum Gasteiger partial charge on any atom is -1.00 e. The summed E-state index contributed by atoms with van der Waals surface area (Å²) in [4.78, 5) is 14.3. The van der Waals surface area contributed by atoms with Crippen molar-refractivity contribution in [3.63, 3.8) is 0 Å². The van der Waals surface area contributed by atoms with E-state index in [9.17, 15) is 0 Å². The molecule has 35 heavy (non-hydrogen) atoms. The molecule has 186 valence electrons. The molecule has 1 aromatic heterocycles. The maximum absolute atomic E-state index is 6.38. The maximum Gasteiger partial charge on any atom is 3.00 e. The van der Waals surface area contributed by atoms with Crippen molar-refractivity contribution in [3.05, 3.63) is 87.2 Å². The van der Waals surface area contributed by atoms with Crippen LogP contribution in [0.3, 0.4) is 0 Å². The van der Waals surface area contributed by atoms with Gasteiger partial charge in [-0.05, 0) is 60.1 Å². The Balaban J connectivity index is 0. The van der Waals surface area contributed by atoms with Gasteiger partial charge < -0.3 is 37.2 Å². The summed E-state index contributed by atoms with van der Waals surface area (Å²) in [5.74, 6) is 0. The quantitative estimate of drug-likeness (QED) is 0.295. The first kappa shape index (κ1) is 35.8. The number of benzene rings is 2. The Morgan fingerprint density at radius 3 is 1.26 bits per heavy atom. The van der Waals surface area contributed by atoms with Gasteiger partial charge >= 0.3 is 18.6 Å². The molecule has 0 saturated heterocycles. The van der Waals surface area contributed by atoms with Crippen LogP contribution in [0, 0.1) is 0 Å². The summed E-state index contributed by atoms with van der Waals surface area (Å²) >= 11 is 6.38. The SMILES string of the molecule is CCc1cccc(CC)c1N=Cc1cc(Cl)cc(C=Nc2c(CC)cccc2CC)n1.[Cl-].[Cl-].[Cl-].[V+3]. The van der Waals surface area contributed by atoms with Crippen molar-refractivity contribution in [3.8, 4) is 0 Å². The van der Waals surface area contributed by atoms with E-state index >= 15 is 0 Å². The molecule has 3 nitrogen and oxygen atoms in total. The first-order valence-corrected chi connectivity index (χ1v) is 11.4. The Morgan fingerprint density at radius 2 is 0.971 bits per heavy atom. The van der Waals surface area contributed by atoms with Crippen molar-refractivity contribution in [1.82, 2.24) is 4.98 Å². The number of rotatable bonds is 8. The molecular weight excluding hydrogens is 559 g/mol. The van der Waals surface area contributed by atoms with Gasteiger partial charge in [0.1, 0.15) is 0 Å². The molecule has 0 fully saturated rings. The van der Waals surface area contributed by atoms with Gasteiger partial charge in [-0.2, -0.15) is 0 Å². The van der Waals surface area contributed by atoms with E-state index in [0.29, 0.717) is 5.02 Å². The Labute approximate surface area is 245 Å². The molecule has 0 amide bonds. The monoisotopic (exact) mass is 587 g/mol. The molecule has 0 aliphatic carbocycles. The molecular formula is C27H30Cl4N3V. The second-order valence-corrected chi connectivity index (χ2v) is 7.85. The fourth-order valence-electron chi connectivity index (χ4n) is 3.69. The fraction of sp³-hybridized carbons (Fsp3) is 0.296. The normalized spacial score (nSPS) is 10.3. The van der Waals surface area contributed by atoms with Gasteiger partial charge in [-0.15, -0.1) is 0 Å². The first-order valence-electron chi connectivity index (χ1n) is 11.1. The first-order chi connectivity index (χ1) is 15.1. The number of nitrogens with zero attached hydrogens (tertiary/aromatic N) is 3. The number of hydrogen-bond donors (Lipinski definition) is 0. The predicted octanol–water partition coefficient (Wildman–Crippen LogP) is -1.50. The summed E-state index contributed by atoms with van der Waals surface area (Å²) in [5.41, 5.74) is 8.47. The van der Waals surface area contributed by atoms with Crippen molar-refractivity contribution in [2.75, 3.05) is 0 Å². The van der Waals surface area contributed by atoms with Crippen molar-refractivity contribution in [2.24, 2.45) is 9.98 Å². The number of hydrogen-bond acceptors (Lipinski definition) is 3. The van der Waals surface area contributed by atoms with Crippen LogP contribution in [0.25, 0.3) is 0 Å². The molecule has 0 aliphatic heterocycles. The standard InChI is InChI=1S/C27H30ClN3.3ClH.V/c1-5-19-11-9-12-20(6-2)26(19)29-17-24-15-23(28)16-25(31-24)18-30-27-21(7-3)13-10-14-22(27)8-4;;;;/h9-18H,5-8H2,1-4H3;3*1H;/q;;;;+3/p-3. The summed E-state index contributed by atoms with van der Waals surface area (Å²) in [6.07, 6.45) is 7.37. The molecule has 0 unspecified atom stereocenters. The smallest absolute Gasteiger partial charge is 1.00 e. The molecule has 0 aliphatic rings. The van der Waals surface area contributed by atoms with Crippen LogP contribution >= 0.6 is 11.6 Å². The third-order valence-corrected chi connectivity index (χ3v) is 5.63. The molecule has 2 aromatic carbocycles. The molecule has 0 N–H and O–H groups in total. The molecule has 0 bridgehead atoms. The van der Waals surface area contributed by atoms with Gasteiger partial charge in [0.15, 0.2) is 0 Å². The van der Waals surface area contributed by atoms with E-state index < -0.39 is 0 Å². The molecule has 3 rings (SSSR count). The van der Waals surface area contributed by atoms with E-state index in [4.69, 9.17) is 26.6 Å². The fourth-order valence-corrected chi connectivity index (χ4v) is 3.92. The topological polar surface area (TPSA) is 37.6 Å². The molecule has 0 atom stereocenters. The summed E-state index contributed by atoms with van der Waals surface area (Å²) in [6.45, 7) is 8.61. The number of para-hydroxylation sites is 2. The minimum absolute atomic E-state index is 0. The maximum atomic E-state index is 6.38. The molecule has 8 heteroatoms. The van der Waals surface area contributed by atoms with Crippen molar-refractivity contribution >= 4 is 35.4 Å². The Hall–Kier alpha value is -1.33. The molecule has 0 spiro atoms. The second-order valence-electron chi connectivity index (χ2n) is 7.42. The van der Waals surface area contributed by atoms with E-state index in [2.05, 4.69) is 64.1 Å². The molecule has 3 aromatic rings. The van der Waals surface area contributed by atoms with Gasteiger partial charge in [-0.3, -0.25) is 9.98 Å². The number of aromatic nitrogens is 1. The van der Waals surface area contributed by atoms with Crippen LogP contribution in [-0.2, 0) is 44.2 Å². The zero-order valence-corrected chi connectivity index (χ0v) is 24.8. The van der Waals surface area contributed by atoms with Crippen LogP contribution in [0.4, 0.5) is 11.4 Å². The van der Waals surface area contributed by atoms with Gasteiger partial charge in [0.2, 0.25) is 0 Å². The molecule has 0 saturated carbocycles. The van der Waals surface area contributed by atoms with Crippen LogP contribution in [0.1, 0.15) is 61.3 Å². The number of aryl methyl sites for hydroxylation is 4. The second kappa shape index (κ2) is 18.0. The number of pyridine rings is 1. The summed E-state index contributed by atoms with van der Waals surface area (Å²) in [7, 11) is 0. The largest absolute Gasteiger partial charge is 3.00 e. The van der Waals surface area contributed by atoms with Crippen LogP contribution in [0.5, 0.6) is 0 Å². The van der Waals surface area contributed by atoms with Gasteiger partial charge in [-0.25, -0.2) is 4.98 Å². The van der Waals surface area contributed by atoms with E-state index in [-0.39, 0.29) is 55.8 Å². The summed E-state index contributed by atoms with van der Waals surface area (Å²) < 4.78 is 0. The van der Waals surface area contributed by atoms with E-state index in [1.165, 1.54) is 22.3 Å². The Kier molecular flexibility index (Phi) is 18.4. The van der Waals surface area contributed by atoms with Crippen molar-refractivity contribution in [2.45, 2.75) is 53.4 Å². The van der Waals surface area contributed by atoms with Gasteiger partial charge in [-0.1, -0.05) is 75.7 Å². The summed E-state index contributed by atoms with van der Waals surface area (Å²) in [5, 5.41) is 0.622. The Bertz CT molecular complexity index is 989. The van der Waals surface area contributed by atoms with Crippen LogP contribution in [0.2, 0.25) is 5.02 Å². The Morgan fingerprint density at radius 1 is 0.657 bits per heavy atom. The van der Waals surface area contributed by atoms with Crippen molar-refractivity contribution < 1.29 is 55.8 Å². The van der Waals surface area contributed by atoms with Gasteiger partial charge in [0.05, 0.1) is 35.2 Å². The molecule has 1 heterocycles. The van der Waals surface area contributed by atoms with Gasteiger partial charge in [0, 0.05) is 5.02 Å². The third-order valence-electron chi connectivity index (χ3n) is 5.41. The minimum atomic E-state index is 0. The zero-order chi connectivity index (χ0) is 22.2. The molecule has 0 radical (unpaired) electrons. The van der Waals surface area contributed by atoms with E-state index in [1.807, 2.05) is 12.1 Å². The third kappa shape index (κ3) is 9.57. The van der Waals surface area contributed by atoms with E-state index in [0.717, 1.165) is 48.4 Å². The number of aliphatic imine (C=N–C) groups is 2. The number of halogens is 4. The zero-order valence-electron chi connectivity index (χ0n) is 20.4. The predicted molar refractivity (Wildman–Crippen MR) is 134 cm³/mol.